The van der Waals surface area contributed by atoms with Crippen LogP contribution in [0.4, 0.5) is 5.82 Å². The number of ether oxygens (including phenoxy) is 1. The molecule has 120 valence electrons. The number of hydrogen-bond donors (Lipinski definition) is 1. The van der Waals surface area contributed by atoms with Crippen molar-refractivity contribution in [1.82, 2.24) is 14.5 Å². The standard InChI is InChI=1S/C18H17N5O/c1-23-11-10-21-18(23)16(14-7-3-4-8-15(14)24-2)22-17-13(12-19)6-5-9-20-17/h3-11,16H,1-2H3,(H,20,22)/t16-/m0/s1. The van der Waals surface area contributed by atoms with Crippen LogP contribution in [0.3, 0.4) is 0 Å². The molecule has 0 saturated heterocycles. The molecule has 2 aromatic heterocycles. The van der Waals surface area contributed by atoms with Crippen LogP contribution in [0, 0.1) is 11.3 Å². The van der Waals surface area contributed by atoms with Gasteiger partial charge in [-0.1, -0.05) is 18.2 Å². The van der Waals surface area contributed by atoms with Gasteiger partial charge in [-0.2, -0.15) is 5.26 Å². The smallest absolute Gasteiger partial charge is 0.144 e. The van der Waals surface area contributed by atoms with E-state index in [-0.39, 0.29) is 6.04 Å². The summed E-state index contributed by atoms with van der Waals surface area (Å²) in [4.78, 5) is 8.75. The summed E-state index contributed by atoms with van der Waals surface area (Å²) in [6.07, 6.45) is 5.27. The van der Waals surface area contributed by atoms with E-state index < -0.39 is 0 Å². The van der Waals surface area contributed by atoms with Crippen LogP contribution in [-0.4, -0.2) is 21.6 Å². The van der Waals surface area contributed by atoms with Crippen molar-refractivity contribution >= 4 is 5.82 Å². The van der Waals surface area contributed by atoms with Gasteiger partial charge in [0, 0.05) is 31.2 Å². The quantitative estimate of drug-likeness (QED) is 0.782. The molecule has 1 atom stereocenters. The minimum Gasteiger partial charge on any atom is -0.496 e. The highest BCUT2D eigenvalue weighted by Crippen LogP contribution is 2.32. The summed E-state index contributed by atoms with van der Waals surface area (Å²) < 4.78 is 7.43. The van der Waals surface area contributed by atoms with Crippen molar-refractivity contribution in [3.05, 3.63) is 71.9 Å². The number of anilines is 1. The van der Waals surface area contributed by atoms with Gasteiger partial charge >= 0.3 is 0 Å². The molecule has 0 fully saturated rings. The maximum absolute atomic E-state index is 9.31. The van der Waals surface area contributed by atoms with E-state index in [9.17, 15) is 5.26 Å². The first-order valence-corrected chi connectivity index (χ1v) is 7.46. The molecule has 6 nitrogen and oxygen atoms in total. The molecule has 0 aliphatic carbocycles. The second-order valence-corrected chi connectivity index (χ2v) is 5.23. The summed E-state index contributed by atoms with van der Waals surface area (Å²) in [5.41, 5.74) is 1.40. The first kappa shape index (κ1) is 15.6. The lowest BCUT2D eigenvalue weighted by Crippen LogP contribution is -2.18. The zero-order chi connectivity index (χ0) is 16.9. The Hall–Kier alpha value is -3.33. The fourth-order valence-electron chi connectivity index (χ4n) is 2.59. The molecule has 1 N–H and O–H groups in total. The predicted molar refractivity (Wildman–Crippen MR) is 90.6 cm³/mol. The third kappa shape index (κ3) is 2.92. The SMILES string of the molecule is COc1ccccc1[C@H](Nc1ncccc1C#N)c1nccn1C. The van der Waals surface area contributed by atoms with Crippen molar-refractivity contribution in [3.63, 3.8) is 0 Å². The maximum Gasteiger partial charge on any atom is 0.144 e. The molecule has 3 rings (SSSR count). The highest BCUT2D eigenvalue weighted by Gasteiger charge is 2.23. The van der Waals surface area contributed by atoms with Crippen LogP contribution in [0.5, 0.6) is 5.75 Å². The van der Waals surface area contributed by atoms with Crippen LogP contribution >= 0.6 is 0 Å². The number of nitriles is 1. The molecule has 3 aromatic rings. The predicted octanol–water partition coefficient (Wildman–Crippen LogP) is 2.90. The van der Waals surface area contributed by atoms with Crippen LogP contribution in [0.2, 0.25) is 0 Å². The van der Waals surface area contributed by atoms with Gasteiger partial charge < -0.3 is 14.6 Å². The molecule has 0 saturated carbocycles. The molecule has 6 heteroatoms. The van der Waals surface area contributed by atoms with E-state index in [0.29, 0.717) is 11.4 Å². The highest BCUT2D eigenvalue weighted by atomic mass is 16.5. The monoisotopic (exact) mass is 319 g/mol. The van der Waals surface area contributed by atoms with E-state index in [1.165, 1.54) is 0 Å². The van der Waals surface area contributed by atoms with Crippen molar-refractivity contribution < 1.29 is 4.74 Å². The van der Waals surface area contributed by atoms with E-state index in [1.54, 1.807) is 31.6 Å². The normalized spacial score (nSPS) is 11.5. The van der Waals surface area contributed by atoms with Gasteiger partial charge in [0.05, 0.1) is 12.7 Å². The van der Waals surface area contributed by atoms with E-state index in [4.69, 9.17) is 4.74 Å². The summed E-state index contributed by atoms with van der Waals surface area (Å²) in [5, 5.41) is 12.6. The van der Waals surface area contributed by atoms with Crippen LogP contribution in [0.15, 0.2) is 55.0 Å². The Labute approximate surface area is 140 Å². The maximum atomic E-state index is 9.31. The Morgan fingerprint density at radius 3 is 2.71 bits per heavy atom. The fraction of sp³-hybridized carbons (Fsp3) is 0.167. The van der Waals surface area contributed by atoms with Gasteiger partial charge in [-0.15, -0.1) is 0 Å². The number of benzene rings is 1. The van der Waals surface area contributed by atoms with Crippen molar-refractivity contribution in [1.29, 1.82) is 5.26 Å². The summed E-state index contributed by atoms with van der Waals surface area (Å²) in [6, 6.07) is 13.1. The number of nitrogens with zero attached hydrogens (tertiary/aromatic N) is 4. The zero-order valence-corrected chi connectivity index (χ0v) is 13.5. The number of pyridine rings is 1. The fourth-order valence-corrected chi connectivity index (χ4v) is 2.59. The largest absolute Gasteiger partial charge is 0.496 e. The first-order valence-electron chi connectivity index (χ1n) is 7.46. The average molecular weight is 319 g/mol. The third-order valence-corrected chi connectivity index (χ3v) is 3.78. The molecule has 0 radical (unpaired) electrons. The second kappa shape index (κ2) is 6.84. The molecule has 0 amide bonds. The summed E-state index contributed by atoms with van der Waals surface area (Å²) >= 11 is 0. The molecule has 1 aromatic carbocycles. The molecule has 0 aliphatic heterocycles. The molecule has 2 heterocycles. The third-order valence-electron chi connectivity index (χ3n) is 3.78. The number of para-hydroxylation sites is 1. The lowest BCUT2D eigenvalue weighted by atomic mass is 10.0. The zero-order valence-electron chi connectivity index (χ0n) is 13.5. The van der Waals surface area contributed by atoms with Gasteiger partial charge in [0.15, 0.2) is 0 Å². The Morgan fingerprint density at radius 1 is 1.17 bits per heavy atom. The molecular formula is C18H17N5O. The van der Waals surface area contributed by atoms with E-state index in [2.05, 4.69) is 21.4 Å². The Bertz CT molecular complexity index is 881. The molecule has 24 heavy (non-hydrogen) atoms. The molecule has 0 spiro atoms. The minimum atomic E-state index is -0.303. The highest BCUT2D eigenvalue weighted by molar-refractivity contribution is 5.55. The van der Waals surface area contributed by atoms with Crippen LogP contribution < -0.4 is 10.1 Å². The summed E-state index contributed by atoms with van der Waals surface area (Å²) in [6.45, 7) is 0. The van der Waals surface area contributed by atoms with Gasteiger partial charge in [0.1, 0.15) is 29.5 Å². The van der Waals surface area contributed by atoms with Gasteiger partial charge in [0.2, 0.25) is 0 Å². The second-order valence-electron chi connectivity index (χ2n) is 5.23. The average Bonchev–Trinajstić information content (AvgIpc) is 3.05. The van der Waals surface area contributed by atoms with Crippen LogP contribution in [0.25, 0.3) is 0 Å². The number of imidazole rings is 1. The Morgan fingerprint density at radius 2 is 2.00 bits per heavy atom. The number of nitrogens with one attached hydrogen (secondary N) is 1. The first-order chi connectivity index (χ1) is 11.7. The molecule has 0 unspecified atom stereocenters. The number of hydrogen-bond acceptors (Lipinski definition) is 5. The molecule has 0 aliphatic rings. The topological polar surface area (TPSA) is 75.8 Å². The van der Waals surface area contributed by atoms with Crippen molar-refractivity contribution in [2.24, 2.45) is 7.05 Å². The van der Waals surface area contributed by atoms with Crippen molar-refractivity contribution in [2.75, 3.05) is 12.4 Å². The number of methoxy groups -OCH3 is 1. The lowest BCUT2D eigenvalue weighted by Gasteiger charge is -2.22. The number of aromatic nitrogens is 3. The molecule has 0 bridgehead atoms. The molecular weight excluding hydrogens is 302 g/mol. The number of aryl methyl sites for hydroxylation is 1. The van der Waals surface area contributed by atoms with Crippen molar-refractivity contribution in [3.8, 4) is 11.8 Å². The van der Waals surface area contributed by atoms with Gasteiger partial charge in [-0.25, -0.2) is 9.97 Å². The van der Waals surface area contributed by atoms with Crippen molar-refractivity contribution in [2.45, 2.75) is 6.04 Å². The van der Waals surface area contributed by atoms with Crippen LogP contribution in [0.1, 0.15) is 23.0 Å². The van der Waals surface area contributed by atoms with Gasteiger partial charge in [0.25, 0.3) is 0 Å². The van der Waals surface area contributed by atoms with E-state index in [0.717, 1.165) is 17.1 Å². The number of rotatable bonds is 5. The van der Waals surface area contributed by atoms with Gasteiger partial charge in [-0.05, 0) is 18.2 Å². The van der Waals surface area contributed by atoms with E-state index >= 15 is 0 Å². The summed E-state index contributed by atoms with van der Waals surface area (Å²) in [5.74, 6) is 2.06. The summed E-state index contributed by atoms with van der Waals surface area (Å²) in [7, 11) is 3.56. The minimum absolute atomic E-state index is 0.303. The van der Waals surface area contributed by atoms with E-state index in [1.807, 2.05) is 42.1 Å². The van der Waals surface area contributed by atoms with Crippen LogP contribution in [-0.2, 0) is 7.05 Å². The Kier molecular flexibility index (Phi) is 4.43. The lowest BCUT2D eigenvalue weighted by molar-refractivity contribution is 0.408. The van der Waals surface area contributed by atoms with Gasteiger partial charge in [-0.3, -0.25) is 0 Å². The Balaban J connectivity index is 2.10.